The molecule has 2 aliphatic heterocycles. The molecular formula is C27H36N4O2. The van der Waals surface area contributed by atoms with Gasteiger partial charge in [0, 0.05) is 30.8 Å². The molecule has 33 heavy (non-hydrogen) atoms. The highest BCUT2D eigenvalue weighted by atomic mass is 16.2. The van der Waals surface area contributed by atoms with E-state index in [0.29, 0.717) is 37.7 Å². The molecule has 2 aliphatic rings. The van der Waals surface area contributed by atoms with E-state index in [0.717, 1.165) is 35.5 Å². The molecular weight excluding hydrogens is 412 g/mol. The monoisotopic (exact) mass is 448 g/mol. The van der Waals surface area contributed by atoms with Crippen LogP contribution in [-0.2, 0) is 21.4 Å². The number of anilines is 1. The van der Waals surface area contributed by atoms with E-state index in [9.17, 15) is 9.59 Å². The van der Waals surface area contributed by atoms with E-state index < -0.39 is 5.41 Å². The van der Waals surface area contributed by atoms with Crippen LogP contribution in [0.1, 0.15) is 81.2 Å². The summed E-state index contributed by atoms with van der Waals surface area (Å²) in [5.74, 6) is 1.99. The Balaban J connectivity index is 1.68. The van der Waals surface area contributed by atoms with Crippen LogP contribution in [0, 0.1) is 19.8 Å². The maximum Gasteiger partial charge on any atom is 0.233 e. The van der Waals surface area contributed by atoms with Gasteiger partial charge in [-0.15, -0.1) is 0 Å². The lowest BCUT2D eigenvalue weighted by Gasteiger charge is -2.34. The van der Waals surface area contributed by atoms with E-state index in [1.165, 1.54) is 5.56 Å². The minimum absolute atomic E-state index is 0.0999. The summed E-state index contributed by atoms with van der Waals surface area (Å²) in [6.45, 7) is 13.6. The summed E-state index contributed by atoms with van der Waals surface area (Å²) in [6, 6.07) is 8.05. The van der Waals surface area contributed by atoms with Crippen LogP contribution in [0.4, 0.5) is 5.82 Å². The second-order valence-electron chi connectivity index (χ2n) is 10.5. The summed E-state index contributed by atoms with van der Waals surface area (Å²) in [5.41, 5.74) is 3.54. The Kier molecular flexibility index (Phi) is 6.30. The summed E-state index contributed by atoms with van der Waals surface area (Å²) in [4.78, 5) is 40.1. The van der Waals surface area contributed by atoms with Gasteiger partial charge in [0.25, 0.3) is 0 Å². The summed E-state index contributed by atoms with van der Waals surface area (Å²) >= 11 is 0. The van der Waals surface area contributed by atoms with Gasteiger partial charge in [0.1, 0.15) is 5.82 Å². The lowest BCUT2D eigenvalue weighted by molar-refractivity contribution is -0.137. The van der Waals surface area contributed by atoms with E-state index in [-0.39, 0.29) is 17.9 Å². The van der Waals surface area contributed by atoms with Gasteiger partial charge < -0.3 is 4.90 Å². The second kappa shape index (κ2) is 8.88. The molecule has 6 heteroatoms. The average Bonchev–Trinajstić information content (AvgIpc) is 3.25. The summed E-state index contributed by atoms with van der Waals surface area (Å²) in [6.07, 6.45) is 2.95. The van der Waals surface area contributed by atoms with Crippen LogP contribution in [0.2, 0.25) is 0 Å². The molecule has 1 unspecified atom stereocenters. The number of carbonyl (C=O) groups excluding carboxylic acids is 2. The first-order valence-electron chi connectivity index (χ1n) is 12.2. The Morgan fingerprint density at radius 2 is 1.82 bits per heavy atom. The predicted octanol–water partition coefficient (Wildman–Crippen LogP) is 4.67. The van der Waals surface area contributed by atoms with Crippen LogP contribution in [0.25, 0.3) is 0 Å². The van der Waals surface area contributed by atoms with E-state index in [1.54, 1.807) is 0 Å². The fraction of sp³-hybridized carbons (Fsp3) is 0.556. The van der Waals surface area contributed by atoms with Crippen molar-refractivity contribution in [3.05, 3.63) is 52.5 Å². The highest BCUT2D eigenvalue weighted by Gasteiger charge is 2.41. The van der Waals surface area contributed by atoms with Gasteiger partial charge in [-0.05, 0) is 58.4 Å². The SMILES string of the molecule is Cc1ccc(C(C)(C)C(=O)N2CCCC2c2nc(C)c3c(n2)N(CC(C)C)C(=O)CC3)cc1. The van der Waals surface area contributed by atoms with Crippen molar-refractivity contribution in [1.29, 1.82) is 0 Å². The first-order chi connectivity index (χ1) is 15.6. The molecule has 4 rings (SSSR count). The Labute approximate surface area is 197 Å². The lowest BCUT2D eigenvalue weighted by Crippen LogP contribution is -2.44. The molecule has 1 aromatic heterocycles. The minimum atomic E-state index is -0.640. The number of aromatic nitrogens is 2. The zero-order valence-electron chi connectivity index (χ0n) is 20.8. The van der Waals surface area contributed by atoms with Gasteiger partial charge in [-0.3, -0.25) is 14.5 Å². The zero-order valence-corrected chi connectivity index (χ0v) is 20.8. The predicted molar refractivity (Wildman–Crippen MR) is 130 cm³/mol. The van der Waals surface area contributed by atoms with Crippen molar-refractivity contribution in [2.75, 3.05) is 18.0 Å². The summed E-state index contributed by atoms with van der Waals surface area (Å²) < 4.78 is 0. The van der Waals surface area contributed by atoms with Crippen molar-refractivity contribution < 1.29 is 9.59 Å². The topological polar surface area (TPSA) is 66.4 Å². The Bertz CT molecular complexity index is 1060. The fourth-order valence-electron chi connectivity index (χ4n) is 5.04. The Morgan fingerprint density at radius 1 is 1.12 bits per heavy atom. The normalized spacial score (nSPS) is 18.8. The lowest BCUT2D eigenvalue weighted by atomic mass is 9.82. The van der Waals surface area contributed by atoms with Crippen LogP contribution in [-0.4, -0.2) is 39.8 Å². The summed E-state index contributed by atoms with van der Waals surface area (Å²) in [7, 11) is 0. The van der Waals surface area contributed by atoms with Crippen LogP contribution in [0.5, 0.6) is 0 Å². The maximum atomic E-state index is 13.8. The molecule has 2 amide bonds. The molecule has 0 aliphatic carbocycles. The van der Waals surface area contributed by atoms with Crippen molar-refractivity contribution in [2.24, 2.45) is 5.92 Å². The highest BCUT2D eigenvalue weighted by Crippen LogP contribution is 2.38. The number of likely N-dealkylation sites (tertiary alicyclic amines) is 1. The number of hydrogen-bond acceptors (Lipinski definition) is 4. The van der Waals surface area contributed by atoms with Gasteiger partial charge >= 0.3 is 0 Å². The molecule has 0 saturated carbocycles. The van der Waals surface area contributed by atoms with Gasteiger partial charge in [-0.25, -0.2) is 9.97 Å². The number of hydrogen-bond donors (Lipinski definition) is 0. The third kappa shape index (κ3) is 4.40. The highest BCUT2D eigenvalue weighted by molar-refractivity contribution is 5.95. The van der Waals surface area contributed by atoms with Crippen molar-refractivity contribution >= 4 is 17.6 Å². The van der Waals surface area contributed by atoms with Crippen molar-refractivity contribution in [2.45, 2.75) is 78.7 Å². The number of carbonyl (C=O) groups is 2. The largest absolute Gasteiger partial charge is 0.332 e. The van der Waals surface area contributed by atoms with Crippen LogP contribution >= 0.6 is 0 Å². The van der Waals surface area contributed by atoms with Gasteiger partial charge in [0.15, 0.2) is 5.82 Å². The number of fused-ring (bicyclic) bond motifs is 1. The van der Waals surface area contributed by atoms with Gasteiger partial charge in [0.05, 0.1) is 11.5 Å². The molecule has 1 aromatic carbocycles. The number of amides is 2. The second-order valence-corrected chi connectivity index (χ2v) is 10.5. The van der Waals surface area contributed by atoms with Crippen molar-refractivity contribution in [1.82, 2.24) is 14.9 Å². The molecule has 176 valence electrons. The summed E-state index contributed by atoms with van der Waals surface area (Å²) in [5, 5.41) is 0. The Morgan fingerprint density at radius 3 is 2.48 bits per heavy atom. The van der Waals surface area contributed by atoms with Crippen LogP contribution < -0.4 is 4.90 Å². The van der Waals surface area contributed by atoms with Crippen LogP contribution in [0.15, 0.2) is 24.3 Å². The minimum Gasteiger partial charge on any atom is -0.332 e. The standard InChI is InChI=1S/C27H36N4O2/c1-17(2)16-31-23(32)14-13-21-19(4)28-24(29-25(21)31)22-8-7-15-30(22)26(33)27(5,6)20-11-9-18(3)10-12-20/h9-12,17,22H,7-8,13-16H2,1-6H3. The first-order valence-corrected chi connectivity index (χ1v) is 12.2. The number of aryl methyl sites for hydroxylation is 2. The number of rotatable bonds is 5. The molecule has 0 spiro atoms. The smallest absolute Gasteiger partial charge is 0.233 e. The third-order valence-electron chi connectivity index (χ3n) is 7.02. The van der Waals surface area contributed by atoms with E-state index in [2.05, 4.69) is 32.9 Å². The molecule has 1 fully saturated rings. The number of benzene rings is 1. The fourth-order valence-corrected chi connectivity index (χ4v) is 5.04. The van der Waals surface area contributed by atoms with E-state index >= 15 is 0 Å². The van der Waals surface area contributed by atoms with Gasteiger partial charge in [-0.1, -0.05) is 43.7 Å². The van der Waals surface area contributed by atoms with Crippen molar-refractivity contribution in [3.8, 4) is 0 Å². The molecule has 1 saturated heterocycles. The van der Waals surface area contributed by atoms with E-state index in [4.69, 9.17) is 9.97 Å². The quantitative estimate of drug-likeness (QED) is 0.667. The molecule has 3 heterocycles. The number of nitrogens with zero attached hydrogens (tertiary/aromatic N) is 4. The van der Waals surface area contributed by atoms with Crippen molar-refractivity contribution in [3.63, 3.8) is 0 Å². The van der Waals surface area contributed by atoms with Crippen LogP contribution in [0.3, 0.4) is 0 Å². The first kappa shape index (κ1) is 23.4. The molecule has 0 bridgehead atoms. The van der Waals surface area contributed by atoms with E-state index in [1.807, 2.05) is 42.7 Å². The molecule has 0 N–H and O–H groups in total. The molecule has 6 nitrogen and oxygen atoms in total. The van der Waals surface area contributed by atoms with Gasteiger partial charge in [-0.2, -0.15) is 0 Å². The molecule has 0 radical (unpaired) electrons. The maximum absolute atomic E-state index is 13.8. The molecule has 2 aromatic rings. The molecule has 1 atom stereocenters. The third-order valence-corrected chi connectivity index (χ3v) is 7.02. The van der Waals surface area contributed by atoms with Gasteiger partial charge in [0.2, 0.25) is 11.8 Å². The average molecular weight is 449 g/mol. The zero-order chi connectivity index (χ0) is 23.9. The Hall–Kier alpha value is -2.76.